The highest BCUT2D eigenvalue weighted by Gasteiger charge is 2.67. The van der Waals surface area contributed by atoms with Gasteiger partial charge >= 0.3 is 0 Å². The van der Waals surface area contributed by atoms with E-state index in [1.165, 1.54) is 19.3 Å². The first kappa shape index (κ1) is 14.0. The molecule has 110 valence electrons. The molecule has 0 aromatic carbocycles. The van der Waals surface area contributed by atoms with Crippen LogP contribution in [0.1, 0.15) is 67.7 Å². The summed E-state index contributed by atoms with van der Waals surface area (Å²) < 4.78 is 0. The molecule has 19 heavy (non-hydrogen) atoms. The van der Waals surface area contributed by atoms with E-state index < -0.39 is 0 Å². The molecule has 3 aliphatic carbocycles. The van der Waals surface area contributed by atoms with Gasteiger partial charge in [-0.3, -0.25) is 0 Å². The van der Waals surface area contributed by atoms with E-state index in [4.69, 9.17) is 0 Å². The van der Waals surface area contributed by atoms with Gasteiger partial charge in [-0.05, 0) is 65.1 Å². The van der Waals surface area contributed by atoms with Gasteiger partial charge in [-0.1, -0.05) is 54.9 Å². The third-order valence-electron chi connectivity index (χ3n) is 8.68. The monoisotopic (exact) mass is 262 g/mol. The van der Waals surface area contributed by atoms with Crippen molar-refractivity contribution in [3.63, 3.8) is 0 Å². The minimum Gasteiger partial charge on any atom is -0.0651 e. The third-order valence-corrected chi connectivity index (χ3v) is 8.68. The van der Waals surface area contributed by atoms with Crippen LogP contribution in [-0.2, 0) is 0 Å². The van der Waals surface area contributed by atoms with Gasteiger partial charge in [0.05, 0.1) is 0 Å². The summed E-state index contributed by atoms with van der Waals surface area (Å²) in [6.07, 6.45) is 4.46. The van der Waals surface area contributed by atoms with Crippen LogP contribution >= 0.6 is 0 Å². The Labute approximate surface area is 120 Å². The second kappa shape index (κ2) is 4.01. The van der Waals surface area contributed by atoms with E-state index in [1.54, 1.807) is 0 Å². The molecule has 0 nitrogen and oxygen atoms in total. The predicted molar refractivity (Wildman–Crippen MR) is 82.9 cm³/mol. The average molecular weight is 262 g/mol. The zero-order chi connectivity index (χ0) is 14.2. The molecule has 3 fully saturated rings. The van der Waals surface area contributed by atoms with Crippen LogP contribution in [-0.4, -0.2) is 0 Å². The van der Waals surface area contributed by atoms with Crippen LogP contribution < -0.4 is 0 Å². The van der Waals surface area contributed by atoms with E-state index in [1.807, 2.05) is 0 Å². The van der Waals surface area contributed by atoms with Gasteiger partial charge in [0.25, 0.3) is 0 Å². The van der Waals surface area contributed by atoms with E-state index in [-0.39, 0.29) is 0 Å². The molecule has 0 amide bonds. The summed E-state index contributed by atoms with van der Waals surface area (Å²) >= 11 is 0. The van der Waals surface area contributed by atoms with Crippen LogP contribution in [0.4, 0.5) is 0 Å². The Kier molecular flexibility index (Phi) is 2.95. The van der Waals surface area contributed by atoms with Crippen molar-refractivity contribution in [1.82, 2.24) is 0 Å². The largest absolute Gasteiger partial charge is 0.0651 e. The predicted octanol–water partition coefficient (Wildman–Crippen LogP) is 5.62. The maximum atomic E-state index is 2.57. The van der Waals surface area contributed by atoms with E-state index in [2.05, 4.69) is 48.5 Å². The van der Waals surface area contributed by atoms with E-state index in [0.717, 1.165) is 41.4 Å². The quantitative estimate of drug-likeness (QED) is 0.575. The molecule has 3 rings (SSSR count). The highest BCUT2D eigenvalue weighted by Crippen LogP contribution is 2.73. The highest BCUT2D eigenvalue weighted by molar-refractivity contribution is 5.15. The van der Waals surface area contributed by atoms with Gasteiger partial charge in [-0.2, -0.15) is 0 Å². The molecule has 0 heterocycles. The van der Waals surface area contributed by atoms with Crippen LogP contribution in [0.25, 0.3) is 0 Å². The normalized spacial score (nSPS) is 54.2. The molecule has 0 N–H and O–H groups in total. The Morgan fingerprint density at radius 3 is 2.05 bits per heavy atom. The SMILES string of the molecule is CCC1C(C)C(C)CC2C1C1CC2C(C)(C)C1(C)C. The van der Waals surface area contributed by atoms with Crippen molar-refractivity contribution in [2.75, 3.05) is 0 Å². The lowest BCUT2D eigenvalue weighted by Crippen LogP contribution is -2.52. The van der Waals surface area contributed by atoms with E-state index >= 15 is 0 Å². The van der Waals surface area contributed by atoms with E-state index in [9.17, 15) is 0 Å². The fraction of sp³-hybridized carbons (Fsp3) is 1.00. The van der Waals surface area contributed by atoms with Crippen molar-refractivity contribution >= 4 is 0 Å². The lowest BCUT2D eigenvalue weighted by molar-refractivity contribution is -0.0941. The van der Waals surface area contributed by atoms with Gasteiger partial charge in [0, 0.05) is 0 Å². The van der Waals surface area contributed by atoms with Gasteiger partial charge in [-0.15, -0.1) is 0 Å². The Bertz CT molecular complexity index is 364. The number of rotatable bonds is 1. The highest BCUT2D eigenvalue weighted by atomic mass is 14.7. The summed E-state index contributed by atoms with van der Waals surface area (Å²) in [6, 6.07) is 0. The maximum absolute atomic E-state index is 2.57. The zero-order valence-corrected chi connectivity index (χ0v) is 14.2. The molecule has 2 bridgehead atoms. The van der Waals surface area contributed by atoms with Gasteiger partial charge in [0.15, 0.2) is 0 Å². The summed E-state index contributed by atoms with van der Waals surface area (Å²) in [7, 11) is 0. The van der Waals surface area contributed by atoms with Gasteiger partial charge < -0.3 is 0 Å². The first-order valence-corrected chi connectivity index (χ1v) is 8.73. The van der Waals surface area contributed by atoms with Crippen molar-refractivity contribution < 1.29 is 0 Å². The second-order valence-corrected chi connectivity index (χ2v) is 9.28. The Morgan fingerprint density at radius 1 is 0.895 bits per heavy atom. The smallest absolute Gasteiger partial charge is 0.0269 e. The molecule has 0 aromatic rings. The van der Waals surface area contributed by atoms with E-state index in [0.29, 0.717) is 10.8 Å². The van der Waals surface area contributed by atoms with Gasteiger partial charge in [0.1, 0.15) is 0 Å². The van der Waals surface area contributed by atoms with Gasteiger partial charge in [-0.25, -0.2) is 0 Å². The Balaban J connectivity index is 1.99. The van der Waals surface area contributed by atoms with Crippen LogP contribution in [0.5, 0.6) is 0 Å². The lowest BCUT2D eigenvalue weighted by Gasteiger charge is -2.57. The van der Waals surface area contributed by atoms with Gasteiger partial charge in [0.2, 0.25) is 0 Å². The van der Waals surface area contributed by atoms with Crippen molar-refractivity contribution in [3.8, 4) is 0 Å². The molecule has 0 aliphatic heterocycles. The number of fused-ring (bicyclic) bond motifs is 5. The molecular weight excluding hydrogens is 228 g/mol. The molecule has 0 heteroatoms. The van der Waals surface area contributed by atoms with Crippen LogP contribution in [0.3, 0.4) is 0 Å². The molecule has 0 radical (unpaired) electrons. The van der Waals surface area contributed by atoms with Crippen molar-refractivity contribution in [2.24, 2.45) is 52.3 Å². The summed E-state index contributed by atoms with van der Waals surface area (Å²) in [4.78, 5) is 0. The summed E-state index contributed by atoms with van der Waals surface area (Å²) in [5, 5.41) is 0. The van der Waals surface area contributed by atoms with Crippen molar-refractivity contribution in [3.05, 3.63) is 0 Å². The summed E-state index contributed by atoms with van der Waals surface area (Å²) in [6.45, 7) is 17.8. The molecule has 0 spiro atoms. The minimum atomic E-state index is 0.548. The lowest BCUT2D eigenvalue weighted by atomic mass is 9.47. The average Bonchev–Trinajstić information content (AvgIpc) is 2.77. The Morgan fingerprint density at radius 2 is 1.47 bits per heavy atom. The van der Waals surface area contributed by atoms with Crippen LogP contribution in [0.15, 0.2) is 0 Å². The maximum Gasteiger partial charge on any atom is -0.0269 e. The van der Waals surface area contributed by atoms with Crippen LogP contribution in [0.2, 0.25) is 0 Å². The second-order valence-electron chi connectivity index (χ2n) is 9.28. The summed E-state index contributed by atoms with van der Waals surface area (Å²) in [5.41, 5.74) is 1.10. The van der Waals surface area contributed by atoms with Crippen molar-refractivity contribution in [1.29, 1.82) is 0 Å². The topological polar surface area (TPSA) is 0 Å². The van der Waals surface area contributed by atoms with Crippen molar-refractivity contribution in [2.45, 2.75) is 67.7 Å². The molecule has 0 aromatic heterocycles. The molecular formula is C19H34. The molecule has 7 atom stereocenters. The molecule has 7 unspecified atom stereocenters. The molecule has 3 aliphatic rings. The standard InChI is InChI=1S/C19H34/c1-8-13-12(3)11(2)9-14-15-10-16(17(13)14)19(6,7)18(15,4)5/h11-17H,8-10H2,1-7H3. The zero-order valence-electron chi connectivity index (χ0n) is 14.2. The third kappa shape index (κ3) is 1.52. The molecule has 0 saturated heterocycles. The van der Waals surface area contributed by atoms with Crippen LogP contribution in [0, 0.1) is 52.3 Å². The fourth-order valence-electron chi connectivity index (χ4n) is 6.73. The first-order valence-electron chi connectivity index (χ1n) is 8.73. The fourth-order valence-corrected chi connectivity index (χ4v) is 6.73. The number of hydrogen-bond acceptors (Lipinski definition) is 0. The summed E-state index contributed by atoms with van der Waals surface area (Å²) in [5.74, 6) is 6.99. The minimum absolute atomic E-state index is 0.548. The first-order chi connectivity index (χ1) is 8.73. The Hall–Kier alpha value is 0. The number of hydrogen-bond donors (Lipinski definition) is 0. The molecule has 3 saturated carbocycles.